The van der Waals surface area contributed by atoms with Crippen molar-refractivity contribution in [1.82, 2.24) is 4.90 Å². The van der Waals surface area contributed by atoms with Crippen LogP contribution >= 0.6 is 15.9 Å². The van der Waals surface area contributed by atoms with Crippen molar-refractivity contribution in [3.8, 4) is 5.75 Å². The Bertz CT molecular complexity index is 659. The number of rotatable bonds is 6. The third-order valence-electron chi connectivity index (χ3n) is 3.38. The molecule has 2 N–H and O–H groups in total. The smallest absolute Gasteiger partial charge is 0.337 e. The standard InChI is InChI=1S/C15H17BrN2O5/c1-22-12-7-9(16)3-4-11(12)17-13-10(15(21)23-2)8-18(5-6-19)14(13)20/h3-4,7,17,19H,5-6,8H2,1-2H3. The molecule has 0 saturated carbocycles. The summed E-state index contributed by atoms with van der Waals surface area (Å²) in [5, 5.41) is 12.0. The van der Waals surface area contributed by atoms with Gasteiger partial charge in [0.15, 0.2) is 0 Å². The van der Waals surface area contributed by atoms with E-state index in [4.69, 9.17) is 14.6 Å². The lowest BCUT2D eigenvalue weighted by Crippen LogP contribution is -2.31. The van der Waals surface area contributed by atoms with Crippen LogP contribution in [0.25, 0.3) is 0 Å². The van der Waals surface area contributed by atoms with Crippen molar-refractivity contribution in [2.75, 3.05) is 39.2 Å². The van der Waals surface area contributed by atoms with Crippen LogP contribution in [0.1, 0.15) is 0 Å². The first-order valence-electron chi connectivity index (χ1n) is 6.84. The van der Waals surface area contributed by atoms with Gasteiger partial charge in [0.1, 0.15) is 11.4 Å². The maximum atomic E-state index is 12.4. The van der Waals surface area contributed by atoms with Gasteiger partial charge in [-0.25, -0.2) is 4.79 Å². The Balaban J connectivity index is 2.37. The lowest BCUT2D eigenvalue weighted by atomic mass is 10.2. The maximum Gasteiger partial charge on any atom is 0.337 e. The van der Waals surface area contributed by atoms with Crippen LogP contribution in [0.3, 0.4) is 0 Å². The van der Waals surface area contributed by atoms with E-state index in [9.17, 15) is 9.59 Å². The molecule has 0 spiro atoms. The van der Waals surface area contributed by atoms with Gasteiger partial charge in [-0.3, -0.25) is 4.79 Å². The molecule has 0 saturated heterocycles. The number of nitrogens with zero attached hydrogens (tertiary/aromatic N) is 1. The molecule has 1 aromatic carbocycles. The van der Waals surface area contributed by atoms with Gasteiger partial charge in [-0.15, -0.1) is 0 Å². The van der Waals surface area contributed by atoms with Gasteiger partial charge in [0.2, 0.25) is 0 Å². The second kappa shape index (κ2) is 7.47. The van der Waals surface area contributed by atoms with Gasteiger partial charge in [0, 0.05) is 11.0 Å². The van der Waals surface area contributed by atoms with Gasteiger partial charge in [-0.05, 0) is 18.2 Å². The number of methoxy groups -OCH3 is 2. The zero-order valence-corrected chi connectivity index (χ0v) is 14.3. The first kappa shape index (κ1) is 17.3. The number of aliphatic hydroxyl groups is 1. The lowest BCUT2D eigenvalue weighted by Gasteiger charge is -2.16. The van der Waals surface area contributed by atoms with E-state index in [1.807, 2.05) is 0 Å². The molecule has 124 valence electrons. The van der Waals surface area contributed by atoms with Crippen molar-refractivity contribution in [2.45, 2.75) is 0 Å². The lowest BCUT2D eigenvalue weighted by molar-refractivity contribution is -0.136. The van der Waals surface area contributed by atoms with Crippen LogP contribution in [-0.4, -0.2) is 55.8 Å². The number of halogens is 1. The third-order valence-corrected chi connectivity index (χ3v) is 3.87. The fourth-order valence-corrected chi connectivity index (χ4v) is 2.59. The summed E-state index contributed by atoms with van der Waals surface area (Å²) < 4.78 is 10.8. The van der Waals surface area contributed by atoms with Crippen molar-refractivity contribution >= 4 is 33.5 Å². The minimum atomic E-state index is -0.586. The Hall–Kier alpha value is -2.06. The van der Waals surface area contributed by atoms with Crippen molar-refractivity contribution in [2.24, 2.45) is 0 Å². The molecule has 1 aromatic rings. The minimum absolute atomic E-state index is 0.0905. The number of carbonyl (C=O) groups is 2. The molecular weight excluding hydrogens is 368 g/mol. The predicted molar refractivity (Wildman–Crippen MR) is 87.0 cm³/mol. The van der Waals surface area contributed by atoms with Crippen LogP contribution in [0.2, 0.25) is 0 Å². The number of hydrogen-bond acceptors (Lipinski definition) is 6. The van der Waals surface area contributed by atoms with Gasteiger partial charge >= 0.3 is 5.97 Å². The van der Waals surface area contributed by atoms with Crippen LogP contribution in [0.4, 0.5) is 5.69 Å². The summed E-state index contributed by atoms with van der Waals surface area (Å²) in [6.45, 7) is 0.0459. The monoisotopic (exact) mass is 384 g/mol. The number of amides is 1. The molecule has 2 rings (SSSR count). The zero-order chi connectivity index (χ0) is 17.0. The van der Waals surface area contributed by atoms with E-state index in [-0.39, 0.29) is 36.9 Å². The first-order valence-corrected chi connectivity index (χ1v) is 7.63. The molecule has 1 amide bonds. The average molecular weight is 385 g/mol. The highest BCUT2D eigenvalue weighted by atomic mass is 79.9. The van der Waals surface area contributed by atoms with E-state index in [0.29, 0.717) is 11.4 Å². The Kier molecular flexibility index (Phi) is 5.62. The topological polar surface area (TPSA) is 88.1 Å². The number of anilines is 1. The third kappa shape index (κ3) is 3.65. The van der Waals surface area contributed by atoms with E-state index >= 15 is 0 Å². The average Bonchev–Trinajstić information content (AvgIpc) is 2.85. The van der Waals surface area contributed by atoms with Crippen molar-refractivity contribution in [3.05, 3.63) is 33.9 Å². The largest absolute Gasteiger partial charge is 0.495 e. The van der Waals surface area contributed by atoms with E-state index in [1.165, 1.54) is 19.1 Å². The van der Waals surface area contributed by atoms with Gasteiger partial charge < -0.3 is 24.8 Å². The summed E-state index contributed by atoms with van der Waals surface area (Å²) in [7, 11) is 2.77. The highest BCUT2D eigenvalue weighted by Crippen LogP contribution is 2.31. The second-order valence-electron chi connectivity index (χ2n) is 4.77. The highest BCUT2D eigenvalue weighted by Gasteiger charge is 2.34. The molecule has 0 radical (unpaired) electrons. The minimum Gasteiger partial charge on any atom is -0.495 e. The Morgan fingerprint density at radius 2 is 2.17 bits per heavy atom. The predicted octanol–water partition coefficient (Wildman–Crippen LogP) is 1.13. The summed E-state index contributed by atoms with van der Waals surface area (Å²) in [6, 6.07) is 5.26. The molecule has 0 atom stereocenters. The molecule has 0 bridgehead atoms. The maximum absolute atomic E-state index is 12.4. The molecule has 8 heteroatoms. The molecule has 23 heavy (non-hydrogen) atoms. The Labute approximate surface area is 142 Å². The first-order chi connectivity index (χ1) is 11.0. The number of aliphatic hydroxyl groups excluding tert-OH is 1. The zero-order valence-electron chi connectivity index (χ0n) is 12.8. The molecule has 0 fully saturated rings. The van der Waals surface area contributed by atoms with Crippen LogP contribution in [0, 0.1) is 0 Å². The fourth-order valence-electron chi connectivity index (χ4n) is 2.25. The summed E-state index contributed by atoms with van der Waals surface area (Å²) in [4.78, 5) is 25.7. The van der Waals surface area contributed by atoms with Gasteiger partial charge in [-0.2, -0.15) is 0 Å². The highest BCUT2D eigenvalue weighted by molar-refractivity contribution is 9.10. The van der Waals surface area contributed by atoms with Gasteiger partial charge in [0.25, 0.3) is 5.91 Å². The van der Waals surface area contributed by atoms with Crippen LogP contribution in [-0.2, 0) is 14.3 Å². The summed E-state index contributed by atoms with van der Waals surface area (Å²) in [5.41, 5.74) is 0.896. The quantitative estimate of drug-likeness (QED) is 0.714. The molecule has 0 aromatic heterocycles. The number of benzene rings is 1. The van der Waals surface area contributed by atoms with Gasteiger partial charge in [-0.1, -0.05) is 15.9 Å². The summed E-state index contributed by atoms with van der Waals surface area (Å²) in [6.07, 6.45) is 0. The van der Waals surface area contributed by atoms with E-state index < -0.39 is 5.97 Å². The normalized spacial score (nSPS) is 14.3. The Morgan fingerprint density at radius 3 is 2.78 bits per heavy atom. The van der Waals surface area contributed by atoms with Gasteiger partial charge in [0.05, 0.1) is 38.6 Å². The van der Waals surface area contributed by atoms with E-state index in [0.717, 1.165) is 4.47 Å². The molecule has 1 heterocycles. The molecule has 1 aliphatic rings. The number of hydrogen-bond donors (Lipinski definition) is 2. The summed E-state index contributed by atoms with van der Waals surface area (Å²) in [5.74, 6) is -0.439. The van der Waals surface area contributed by atoms with Crippen molar-refractivity contribution in [3.63, 3.8) is 0 Å². The molecule has 1 aliphatic heterocycles. The van der Waals surface area contributed by atoms with E-state index in [1.54, 1.807) is 18.2 Å². The number of nitrogens with one attached hydrogen (secondary N) is 1. The fraction of sp³-hybridized carbons (Fsp3) is 0.333. The SMILES string of the molecule is COC(=O)C1=C(Nc2ccc(Br)cc2OC)C(=O)N(CCO)C1. The van der Waals surface area contributed by atoms with Crippen molar-refractivity contribution in [1.29, 1.82) is 0 Å². The number of carbonyl (C=O) groups excluding carboxylic acids is 2. The molecule has 0 aliphatic carbocycles. The Morgan fingerprint density at radius 1 is 1.43 bits per heavy atom. The van der Waals surface area contributed by atoms with E-state index in [2.05, 4.69) is 21.2 Å². The second-order valence-corrected chi connectivity index (χ2v) is 5.68. The number of ether oxygens (including phenoxy) is 2. The van der Waals surface area contributed by atoms with Crippen LogP contribution < -0.4 is 10.1 Å². The molecular formula is C15H17BrN2O5. The summed E-state index contributed by atoms with van der Waals surface area (Å²) >= 11 is 3.34. The number of esters is 1. The van der Waals surface area contributed by atoms with Crippen LogP contribution in [0.5, 0.6) is 5.75 Å². The molecule has 7 nitrogen and oxygen atoms in total. The number of β-amino-alcohol motifs (C(OH)–C–C–N with tert-alkyl or cyclic N) is 1. The molecule has 0 unspecified atom stereocenters. The van der Waals surface area contributed by atoms with Crippen LogP contribution in [0.15, 0.2) is 33.9 Å². The van der Waals surface area contributed by atoms with Crippen molar-refractivity contribution < 1.29 is 24.2 Å².